The number of carbonyl (C=O) groups is 1. The van der Waals surface area contributed by atoms with Gasteiger partial charge in [0.2, 0.25) is 0 Å². The summed E-state index contributed by atoms with van der Waals surface area (Å²) in [6.07, 6.45) is 0. The molecular formula is C11H10ClNO3. The number of halogens is 1. The second-order valence-electron chi connectivity index (χ2n) is 3.46. The van der Waals surface area contributed by atoms with Gasteiger partial charge in [0.05, 0.1) is 17.6 Å². The molecule has 2 N–H and O–H groups in total. The summed E-state index contributed by atoms with van der Waals surface area (Å²) in [5.41, 5.74) is 1.56. The second kappa shape index (κ2) is 3.72. The molecule has 2 aromatic rings. The van der Waals surface area contributed by atoms with Crippen molar-refractivity contribution in [2.75, 3.05) is 7.11 Å². The Bertz CT molecular complexity index is 574. The van der Waals surface area contributed by atoms with E-state index in [-0.39, 0.29) is 5.69 Å². The van der Waals surface area contributed by atoms with Gasteiger partial charge in [-0.3, -0.25) is 0 Å². The quantitative estimate of drug-likeness (QED) is 0.847. The van der Waals surface area contributed by atoms with Crippen LogP contribution in [0, 0.1) is 6.92 Å². The molecule has 5 heteroatoms. The maximum Gasteiger partial charge on any atom is 0.352 e. The number of fused-ring (bicyclic) bond motifs is 1. The zero-order valence-corrected chi connectivity index (χ0v) is 9.55. The van der Waals surface area contributed by atoms with E-state index in [2.05, 4.69) is 4.98 Å². The lowest BCUT2D eigenvalue weighted by Crippen LogP contribution is -1.97. The number of ether oxygens (including phenoxy) is 1. The summed E-state index contributed by atoms with van der Waals surface area (Å²) in [6, 6.07) is 3.39. The minimum absolute atomic E-state index is 0.180. The van der Waals surface area contributed by atoms with Crippen LogP contribution in [-0.2, 0) is 0 Å². The average molecular weight is 240 g/mol. The molecule has 1 aromatic heterocycles. The van der Waals surface area contributed by atoms with Gasteiger partial charge in [0.25, 0.3) is 0 Å². The third-order valence-electron chi connectivity index (χ3n) is 2.54. The van der Waals surface area contributed by atoms with Crippen LogP contribution in [-0.4, -0.2) is 23.2 Å². The van der Waals surface area contributed by atoms with E-state index in [0.29, 0.717) is 21.9 Å². The van der Waals surface area contributed by atoms with Gasteiger partial charge in [-0.1, -0.05) is 11.6 Å². The lowest BCUT2D eigenvalue weighted by molar-refractivity contribution is 0.0691. The maximum absolute atomic E-state index is 10.9. The SMILES string of the molecule is COc1cc2[nH]c(C(=O)O)c(C)c2cc1Cl. The minimum atomic E-state index is -0.983. The molecule has 0 spiro atoms. The van der Waals surface area contributed by atoms with E-state index in [1.54, 1.807) is 19.1 Å². The number of hydrogen-bond acceptors (Lipinski definition) is 2. The van der Waals surface area contributed by atoms with E-state index in [0.717, 1.165) is 5.39 Å². The van der Waals surface area contributed by atoms with Gasteiger partial charge >= 0.3 is 5.97 Å². The van der Waals surface area contributed by atoms with Gasteiger partial charge < -0.3 is 14.8 Å². The zero-order valence-electron chi connectivity index (χ0n) is 8.80. The van der Waals surface area contributed by atoms with Crippen molar-refractivity contribution in [2.45, 2.75) is 6.92 Å². The Balaban J connectivity index is 2.77. The number of methoxy groups -OCH3 is 1. The molecule has 16 heavy (non-hydrogen) atoms. The molecule has 0 atom stereocenters. The smallest absolute Gasteiger partial charge is 0.352 e. The number of hydrogen-bond donors (Lipinski definition) is 2. The molecule has 0 unspecified atom stereocenters. The lowest BCUT2D eigenvalue weighted by atomic mass is 10.1. The molecule has 0 saturated heterocycles. The molecule has 1 aromatic carbocycles. The van der Waals surface area contributed by atoms with Crippen LogP contribution >= 0.6 is 11.6 Å². The van der Waals surface area contributed by atoms with Gasteiger partial charge in [0.1, 0.15) is 11.4 Å². The Labute approximate surface area is 96.8 Å². The van der Waals surface area contributed by atoms with Crippen molar-refractivity contribution < 1.29 is 14.6 Å². The highest BCUT2D eigenvalue weighted by Gasteiger charge is 2.15. The Hall–Kier alpha value is -1.68. The van der Waals surface area contributed by atoms with Crippen LogP contribution in [0.5, 0.6) is 5.75 Å². The molecule has 0 bridgehead atoms. The molecule has 84 valence electrons. The maximum atomic E-state index is 10.9. The molecular weight excluding hydrogens is 230 g/mol. The third kappa shape index (κ3) is 1.51. The number of aromatic amines is 1. The summed E-state index contributed by atoms with van der Waals surface area (Å²) >= 11 is 5.98. The second-order valence-corrected chi connectivity index (χ2v) is 3.87. The number of carboxylic acid groups (broad SMARTS) is 1. The summed E-state index contributed by atoms with van der Waals surface area (Å²) in [4.78, 5) is 13.8. The summed E-state index contributed by atoms with van der Waals surface area (Å²) in [5, 5.41) is 10.2. The van der Waals surface area contributed by atoms with E-state index >= 15 is 0 Å². The largest absolute Gasteiger partial charge is 0.495 e. The molecule has 0 aliphatic carbocycles. The van der Waals surface area contributed by atoms with Gasteiger partial charge in [0.15, 0.2) is 0 Å². The van der Waals surface area contributed by atoms with Crippen LogP contribution < -0.4 is 4.74 Å². The number of carboxylic acids is 1. The van der Waals surface area contributed by atoms with E-state index in [1.807, 2.05) is 0 Å². The molecule has 2 rings (SSSR count). The predicted octanol–water partition coefficient (Wildman–Crippen LogP) is 2.84. The number of nitrogens with one attached hydrogen (secondary N) is 1. The van der Waals surface area contributed by atoms with Crippen molar-refractivity contribution in [3.8, 4) is 5.75 Å². The highest BCUT2D eigenvalue weighted by atomic mass is 35.5. The van der Waals surface area contributed by atoms with Crippen LogP contribution in [0.15, 0.2) is 12.1 Å². The minimum Gasteiger partial charge on any atom is -0.495 e. The summed E-state index contributed by atoms with van der Waals surface area (Å²) in [7, 11) is 1.51. The predicted molar refractivity (Wildman–Crippen MR) is 61.6 cm³/mol. The Morgan fingerprint density at radius 1 is 1.50 bits per heavy atom. The monoisotopic (exact) mass is 239 g/mol. The topological polar surface area (TPSA) is 62.3 Å². The molecule has 0 amide bonds. The first-order chi connectivity index (χ1) is 7.54. The molecule has 0 aliphatic rings. The number of aromatic nitrogens is 1. The number of H-pyrrole nitrogens is 1. The summed E-state index contributed by atoms with van der Waals surface area (Å²) in [6.45, 7) is 1.74. The van der Waals surface area contributed by atoms with E-state index in [9.17, 15) is 4.79 Å². The highest BCUT2D eigenvalue weighted by Crippen LogP contribution is 2.32. The van der Waals surface area contributed by atoms with E-state index < -0.39 is 5.97 Å². The average Bonchev–Trinajstić information content (AvgIpc) is 2.55. The van der Waals surface area contributed by atoms with Gasteiger partial charge in [-0.2, -0.15) is 0 Å². The Kier molecular flexibility index (Phi) is 2.52. The first-order valence-corrected chi connectivity index (χ1v) is 5.01. The van der Waals surface area contributed by atoms with Crippen molar-refractivity contribution in [3.63, 3.8) is 0 Å². The zero-order chi connectivity index (χ0) is 11.9. The van der Waals surface area contributed by atoms with Crippen LogP contribution in [0.1, 0.15) is 16.1 Å². The molecule has 0 aliphatic heterocycles. The number of rotatable bonds is 2. The third-order valence-corrected chi connectivity index (χ3v) is 2.84. The van der Waals surface area contributed by atoms with Crippen molar-refractivity contribution in [1.29, 1.82) is 0 Å². The highest BCUT2D eigenvalue weighted by molar-refractivity contribution is 6.33. The van der Waals surface area contributed by atoms with Gasteiger partial charge in [-0.25, -0.2) is 4.79 Å². The van der Waals surface area contributed by atoms with E-state index in [4.69, 9.17) is 21.4 Å². The van der Waals surface area contributed by atoms with Gasteiger partial charge in [-0.05, 0) is 18.6 Å². The number of aromatic carboxylic acids is 1. The molecule has 0 fully saturated rings. The summed E-state index contributed by atoms with van der Waals surface area (Å²) < 4.78 is 5.06. The first-order valence-electron chi connectivity index (χ1n) is 4.63. The van der Waals surface area contributed by atoms with Crippen LogP contribution in [0.4, 0.5) is 0 Å². The van der Waals surface area contributed by atoms with E-state index in [1.165, 1.54) is 7.11 Å². The number of aryl methyl sites for hydroxylation is 1. The molecule has 4 nitrogen and oxygen atoms in total. The van der Waals surface area contributed by atoms with Crippen LogP contribution in [0.2, 0.25) is 5.02 Å². The van der Waals surface area contributed by atoms with Crippen molar-refractivity contribution in [3.05, 3.63) is 28.4 Å². The van der Waals surface area contributed by atoms with Crippen LogP contribution in [0.25, 0.3) is 10.9 Å². The first kappa shape index (κ1) is 10.8. The van der Waals surface area contributed by atoms with Crippen molar-refractivity contribution in [2.24, 2.45) is 0 Å². The fraction of sp³-hybridized carbons (Fsp3) is 0.182. The summed E-state index contributed by atoms with van der Waals surface area (Å²) in [5.74, 6) is -0.462. The normalized spacial score (nSPS) is 10.7. The van der Waals surface area contributed by atoms with Crippen LogP contribution in [0.3, 0.4) is 0 Å². The van der Waals surface area contributed by atoms with Gasteiger partial charge in [-0.15, -0.1) is 0 Å². The lowest BCUT2D eigenvalue weighted by Gasteiger charge is -2.02. The molecule has 1 heterocycles. The fourth-order valence-electron chi connectivity index (χ4n) is 1.70. The Morgan fingerprint density at radius 3 is 2.75 bits per heavy atom. The van der Waals surface area contributed by atoms with Gasteiger partial charge in [0, 0.05) is 11.5 Å². The van der Waals surface area contributed by atoms with Crippen molar-refractivity contribution in [1.82, 2.24) is 4.98 Å². The Morgan fingerprint density at radius 2 is 2.19 bits per heavy atom. The molecule has 0 saturated carbocycles. The fourth-order valence-corrected chi connectivity index (χ4v) is 1.94. The standard InChI is InChI=1S/C11H10ClNO3/c1-5-6-3-7(12)9(16-2)4-8(6)13-10(5)11(14)15/h3-4,13H,1-2H3,(H,14,15). The molecule has 0 radical (unpaired) electrons. The number of benzene rings is 1. The van der Waals surface area contributed by atoms with Crippen molar-refractivity contribution >= 4 is 28.5 Å².